The molecular formula is C13H15FN2OS. The number of aryl methyl sites for hydroxylation is 1. The fraction of sp³-hybridized carbons (Fsp3) is 0.308. The van der Waals surface area contributed by atoms with Crippen molar-refractivity contribution in [3.8, 4) is 5.75 Å². The standard InChI is InChI=1S/C13H15FN2OS/c1-8(13-7-18-9(2)16-13)15-11-4-10(14)5-12(6-11)17-3/h4-8,15H,1-3H3. The van der Waals surface area contributed by atoms with Crippen molar-refractivity contribution >= 4 is 17.0 Å². The van der Waals surface area contributed by atoms with Gasteiger partial charge in [-0.25, -0.2) is 9.37 Å². The van der Waals surface area contributed by atoms with E-state index in [1.807, 2.05) is 19.2 Å². The van der Waals surface area contributed by atoms with Gasteiger partial charge in [0.05, 0.1) is 23.9 Å². The summed E-state index contributed by atoms with van der Waals surface area (Å²) in [5.74, 6) is 0.178. The Bertz CT molecular complexity index is 542. The average molecular weight is 266 g/mol. The van der Waals surface area contributed by atoms with Crippen LogP contribution >= 0.6 is 11.3 Å². The third kappa shape index (κ3) is 2.98. The summed E-state index contributed by atoms with van der Waals surface area (Å²) < 4.78 is 18.4. The molecule has 0 spiro atoms. The van der Waals surface area contributed by atoms with Crippen molar-refractivity contribution in [3.05, 3.63) is 40.1 Å². The predicted octanol–water partition coefficient (Wildman–Crippen LogP) is 3.77. The van der Waals surface area contributed by atoms with Gasteiger partial charge in [-0.1, -0.05) is 0 Å². The molecule has 2 aromatic rings. The second-order valence-corrected chi connectivity index (χ2v) is 5.10. The van der Waals surface area contributed by atoms with Gasteiger partial charge in [0, 0.05) is 23.2 Å². The number of nitrogens with one attached hydrogen (secondary N) is 1. The van der Waals surface area contributed by atoms with Crippen LogP contribution in [0.5, 0.6) is 5.75 Å². The predicted molar refractivity (Wildman–Crippen MR) is 71.8 cm³/mol. The highest BCUT2D eigenvalue weighted by Gasteiger charge is 2.10. The van der Waals surface area contributed by atoms with Crippen LogP contribution in [0, 0.1) is 12.7 Å². The average Bonchev–Trinajstić information content (AvgIpc) is 2.75. The van der Waals surface area contributed by atoms with Crippen molar-refractivity contribution in [2.45, 2.75) is 19.9 Å². The maximum absolute atomic E-state index is 13.3. The molecule has 96 valence electrons. The zero-order valence-electron chi connectivity index (χ0n) is 10.5. The minimum atomic E-state index is -0.321. The first-order valence-corrected chi connectivity index (χ1v) is 6.49. The Kier molecular flexibility index (Phi) is 3.81. The van der Waals surface area contributed by atoms with Gasteiger partial charge < -0.3 is 10.1 Å². The van der Waals surface area contributed by atoms with E-state index in [0.29, 0.717) is 11.4 Å². The van der Waals surface area contributed by atoms with Gasteiger partial charge in [-0.3, -0.25) is 0 Å². The van der Waals surface area contributed by atoms with Crippen LogP contribution in [0.25, 0.3) is 0 Å². The van der Waals surface area contributed by atoms with Gasteiger partial charge in [-0.05, 0) is 19.9 Å². The van der Waals surface area contributed by atoms with Crippen LogP contribution in [0.1, 0.15) is 23.7 Å². The first kappa shape index (κ1) is 12.8. The summed E-state index contributed by atoms with van der Waals surface area (Å²) in [6, 6.07) is 4.58. The van der Waals surface area contributed by atoms with Crippen LogP contribution in [0.3, 0.4) is 0 Å². The van der Waals surface area contributed by atoms with Crippen LogP contribution in [-0.4, -0.2) is 12.1 Å². The molecule has 2 rings (SSSR count). The molecule has 5 heteroatoms. The molecule has 0 aliphatic rings. The quantitative estimate of drug-likeness (QED) is 0.914. The fourth-order valence-electron chi connectivity index (χ4n) is 1.67. The maximum atomic E-state index is 13.3. The van der Waals surface area contributed by atoms with Gasteiger partial charge >= 0.3 is 0 Å². The lowest BCUT2D eigenvalue weighted by molar-refractivity contribution is 0.411. The van der Waals surface area contributed by atoms with E-state index in [4.69, 9.17) is 4.74 Å². The molecule has 1 N–H and O–H groups in total. The zero-order valence-corrected chi connectivity index (χ0v) is 11.3. The van der Waals surface area contributed by atoms with Crippen molar-refractivity contribution < 1.29 is 9.13 Å². The van der Waals surface area contributed by atoms with Crippen molar-refractivity contribution in [1.29, 1.82) is 0 Å². The van der Waals surface area contributed by atoms with E-state index in [0.717, 1.165) is 10.7 Å². The van der Waals surface area contributed by atoms with Crippen molar-refractivity contribution in [3.63, 3.8) is 0 Å². The van der Waals surface area contributed by atoms with Crippen molar-refractivity contribution in [1.82, 2.24) is 4.98 Å². The molecule has 0 fully saturated rings. The number of halogens is 1. The molecule has 0 saturated heterocycles. The minimum absolute atomic E-state index is 0.0291. The van der Waals surface area contributed by atoms with Gasteiger partial charge in [0.15, 0.2) is 0 Å². The number of rotatable bonds is 4. The zero-order chi connectivity index (χ0) is 13.1. The topological polar surface area (TPSA) is 34.1 Å². The second kappa shape index (κ2) is 5.35. The van der Waals surface area contributed by atoms with Gasteiger partial charge in [-0.2, -0.15) is 0 Å². The first-order valence-electron chi connectivity index (χ1n) is 5.61. The van der Waals surface area contributed by atoms with Gasteiger partial charge in [-0.15, -0.1) is 11.3 Å². The number of hydrogen-bond acceptors (Lipinski definition) is 4. The number of thiazole rings is 1. The SMILES string of the molecule is COc1cc(F)cc(NC(C)c2csc(C)n2)c1. The molecular weight excluding hydrogens is 251 g/mol. The maximum Gasteiger partial charge on any atom is 0.128 e. The van der Waals surface area contributed by atoms with Crippen LogP contribution < -0.4 is 10.1 Å². The third-order valence-electron chi connectivity index (χ3n) is 2.57. The first-order chi connectivity index (χ1) is 8.58. The number of aromatic nitrogens is 1. The minimum Gasteiger partial charge on any atom is -0.497 e. The van der Waals surface area contributed by atoms with E-state index in [1.54, 1.807) is 17.4 Å². The summed E-state index contributed by atoms with van der Waals surface area (Å²) in [5.41, 5.74) is 1.64. The molecule has 0 amide bonds. The Balaban J connectivity index is 2.16. The molecule has 1 aromatic carbocycles. The van der Waals surface area contributed by atoms with Crippen molar-refractivity contribution in [2.75, 3.05) is 12.4 Å². The Labute approximate surface area is 110 Å². The monoisotopic (exact) mass is 266 g/mol. The van der Waals surface area contributed by atoms with Crippen LogP contribution in [0.15, 0.2) is 23.6 Å². The Morgan fingerprint density at radius 2 is 2.17 bits per heavy atom. The number of ether oxygens (including phenoxy) is 1. The van der Waals surface area contributed by atoms with E-state index >= 15 is 0 Å². The molecule has 1 atom stereocenters. The number of methoxy groups -OCH3 is 1. The highest BCUT2D eigenvalue weighted by Crippen LogP contribution is 2.24. The van der Waals surface area contributed by atoms with Gasteiger partial charge in [0.1, 0.15) is 11.6 Å². The highest BCUT2D eigenvalue weighted by atomic mass is 32.1. The Morgan fingerprint density at radius 1 is 1.39 bits per heavy atom. The summed E-state index contributed by atoms with van der Waals surface area (Å²) in [4.78, 5) is 4.40. The van der Waals surface area contributed by atoms with E-state index in [1.165, 1.54) is 19.2 Å². The van der Waals surface area contributed by atoms with Gasteiger partial charge in [0.25, 0.3) is 0 Å². The molecule has 0 radical (unpaired) electrons. The number of hydrogen-bond donors (Lipinski definition) is 1. The summed E-state index contributed by atoms with van der Waals surface area (Å²) in [6.45, 7) is 3.96. The van der Waals surface area contributed by atoms with E-state index in [2.05, 4.69) is 10.3 Å². The molecule has 0 aliphatic carbocycles. The van der Waals surface area contributed by atoms with E-state index in [-0.39, 0.29) is 11.9 Å². The lowest BCUT2D eigenvalue weighted by Crippen LogP contribution is -2.07. The van der Waals surface area contributed by atoms with Crippen LogP contribution in [0.4, 0.5) is 10.1 Å². The molecule has 0 bridgehead atoms. The summed E-state index contributed by atoms with van der Waals surface area (Å²) in [6.07, 6.45) is 0. The largest absolute Gasteiger partial charge is 0.497 e. The Morgan fingerprint density at radius 3 is 2.78 bits per heavy atom. The van der Waals surface area contributed by atoms with E-state index < -0.39 is 0 Å². The highest BCUT2D eigenvalue weighted by molar-refractivity contribution is 7.09. The lowest BCUT2D eigenvalue weighted by atomic mass is 10.2. The normalized spacial score (nSPS) is 12.2. The third-order valence-corrected chi connectivity index (χ3v) is 3.36. The molecule has 1 aromatic heterocycles. The molecule has 0 aliphatic heterocycles. The smallest absolute Gasteiger partial charge is 0.128 e. The molecule has 3 nitrogen and oxygen atoms in total. The molecule has 0 saturated carbocycles. The van der Waals surface area contributed by atoms with Crippen LogP contribution in [0.2, 0.25) is 0 Å². The Hall–Kier alpha value is -1.62. The summed E-state index contributed by atoms with van der Waals surface area (Å²) in [5, 5.41) is 6.24. The van der Waals surface area contributed by atoms with Crippen molar-refractivity contribution in [2.24, 2.45) is 0 Å². The second-order valence-electron chi connectivity index (χ2n) is 4.04. The number of anilines is 1. The molecule has 1 heterocycles. The summed E-state index contributed by atoms with van der Waals surface area (Å²) >= 11 is 1.60. The van der Waals surface area contributed by atoms with Crippen LogP contribution in [-0.2, 0) is 0 Å². The van der Waals surface area contributed by atoms with Gasteiger partial charge in [0.2, 0.25) is 0 Å². The number of nitrogens with zero attached hydrogens (tertiary/aromatic N) is 1. The summed E-state index contributed by atoms with van der Waals surface area (Å²) in [7, 11) is 1.52. The molecule has 1 unspecified atom stereocenters. The van der Waals surface area contributed by atoms with E-state index in [9.17, 15) is 4.39 Å². The lowest BCUT2D eigenvalue weighted by Gasteiger charge is -2.14. The molecule has 18 heavy (non-hydrogen) atoms. The number of benzene rings is 1. The fourth-order valence-corrected chi connectivity index (χ4v) is 2.37.